The average molecular weight is 453 g/mol. The van der Waals surface area contributed by atoms with Gasteiger partial charge in [-0.1, -0.05) is 11.6 Å². The molecule has 1 fully saturated rings. The van der Waals surface area contributed by atoms with Gasteiger partial charge in [-0.15, -0.1) is 0 Å². The van der Waals surface area contributed by atoms with Crippen molar-refractivity contribution in [3.05, 3.63) is 39.1 Å². The lowest BCUT2D eigenvalue weighted by Gasteiger charge is -2.09. The minimum absolute atomic E-state index is 0.00628. The molecule has 10 heteroatoms. The standard InChI is InChI=1S/C16H14BrClF3N3O2/c17-13-14(8-1-2-8)24(23-15(13)16(19,20)21)6-5-12(26)22-10-7-9(18)3-4-11(10)25/h3-4,7-8,25H,1-2,5-6H2,(H,22,26). The van der Waals surface area contributed by atoms with Crippen LogP contribution in [0.15, 0.2) is 22.7 Å². The monoisotopic (exact) mass is 451 g/mol. The number of halogens is 5. The third-order valence-electron chi connectivity index (χ3n) is 3.95. The summed E-state index contributed by atoms with van der Waals surface area (Å²) >= 11 is 8.82. The second-order valence-corrected chi connectivity index (χ2v) is 7.23. The molecule has 5 nitrogen and oxygen atoms in total. The molecule has 1 aliphatic carbocycles. The van der Waals surface area contributed by atoms with E-state index in [2.05, 4.69) is 26.3 Å². The van der Waals surface area contributed by atoms with E-state index < -0.39 is 17.8 Å². The molecule has 0 unspecified atom stereocenters. The van der Waals surface area contributed by atoms with E-state index in [0.717, 1.165) is 12.8 Å². The van der Waals surface area contributed by atoms with Crippen LogP contribution in [0.5, 0.6) is 5.75 Å². The third kappa shape index (κ3) is 4.15. The Kier molecular flexibility index (Phi) is 5.21. The highest BCUT2D eigenvalue weighted by Gasteiger charge is 2.41. The molecule has 1 aromatic carbocycles. The number of nitrogens with zero attached hydrogens (tertiary/aromatic N) is 2. The summed E-state index contributed by atoms with van der Waals surface area (Å²) in [6.45, 7) is -0.00628. The van der Waals surface area contributed by atoms with E-state index in [1.165, 1.54) is 22.9 Å². The van der Waals surface area contributed by atoms with E-state index in [-0.39, 0.29) is 34.8 Å². The van der Waals surface area contributed by atoms with Crippen molar-refractivity contribution >= 4 is 39.1 Å². The zero-order valence-electron chi connectivity index (χ0n) is 13.3. The van der Waals surface area contributed by atoms with Gasteiger partial charge in [0.2, 0.25) is 5.91 Å². The summed E-state index contributed by atoms with van der Waals surface area (Å²) in [5.74, 6) is -0.597. The Morgan fingerprint density at radius 3 is 2.73 bits per heavy atom. The fourth-order valence-electron chi connectivity index (χ4n) is 2.58. The van der Waals surface area contributed by atoms with Crippen molar-refractivity contribution in [3.8, 4) is 5.75 Å². The Labute approximate surface area is 160 Å². The van der Waals surface area contributed by atoms with Gasteiger partial charge in [-0.05, 0) is 47.0 Å². The molecule has 0 bridgehead atoms. The number of hydrogen-bond donors (Lipinski definition) is 2. The molecule has 2 N–H and O–H groups in total. The number of aromatic nitrogens is 2. The molecule has 0 atom stereocenters. The molecule has 1 aliphatic rings. The van der Waals surface area contributed by atoms with Crippen LogP contribution in [0.25, 0.3) is 0 Å². The van der Waals surface area contributed by atoms with E-state index >= 15 is 0 Å². The number of hydrogen-bond acceptors (Lipinski definition) is 3. The van der Waals surface area contributed by atoms with Crippen LogP contribution in [-0.2, 0) is 17.5 Å². The number of carbonyl (C=O) groups is 1. The van der Waals surface area contributed by atoms with Gasteiger partial charge in [-0.3, -0.25) is 9.48 Å². The molecular formula is C16H14BrClF3N3O2. The normalized spacial score (nSPS) is 14.5. The van der Waals surface area contributed by atoms with Gasteiger partial charge < -0.3 is 10.4 Å². The van der Waals surface area contributed by atoms with Gasteiger partial charge in [0.1, 0.15) is 5.75 Å². The lowest BCUT2D eigenvalue weighted by Crippen LogP contribution is -2.16. The van der Waals surface area contributed by atoms with E-state index in [9.17, 15) is 23.1 Å². The van der Waals surface area contributed by atoms with Crippen molar-refractivity contribution in [2.24, 2.45) is 0 Å². The molecule has 0 saturated heterocycles. The van der Waals surface area contributed by atoms with Crippen LogP contribution in [0.1, 0.15) is 36.6 Å². The summed E-state index contributed by atoms with van der Waals surface area (Å²) in [6.07, 6.45) is -3.08. The number of nitrogens with one attached hydrogen (secondary N) is 1. The van der Waals surface area contributed by atoms with Crippen molar-refractivity contribution < 1.29 is 23.1 Å². The van der Waals surface area contributed by atoms with E-state index in [4.69, 9.17) is 11.6 Å². The second-order valence-electron chi connectivity index (χ2n) is 6.00. The Balaban J connectivity index is 1.73. The number of phenols is 1. The number of carbonyl (C=O) groups excluding carboxylic acids is 1. The number of phenolic OH excluding ortho intramolecular Hbond substituents is 1. The minimum atomic E-state index is -4.57. The number of rotatable bonds is 5. The van der Waals surface area contributed by atoms with Crippen LogP contribution < -0.4 is 5.32 Å². The molecule has 0 radical (unpaired) electrons. The van der Waals surface area contributed by atoms with Crippen LogP contribution in [0.2, 0.25) is 5.02 Å². The first-order valence-corrected chi connectivity index (χ1v) is 8.95. The van der Waals surface area contributed by atoms with Gasteiger partial charge in [0.25, 0.3) is 0 Å². The van der Waals surface area contributed by atoms with E-state index in [1.807, 2.05) is 0 Å². The Morgan fingerprint density at radius 1 is 1.42 bits per heavy atom. The Bertz CT molecular complexity index is 850. The summed E-state index contributed by atoms with van der Waals surface area (Å²) in [4.78, 5) is 12.1. The van der Waals surface area contributed by atoms with Gasteiger partial charge in [0, 0.05) is 17.4 Å². The van der Waals surface area contributed by atoms with Crippen LogP contribution in [0, 0.1) is 0 Å². The molecule has 1 heterocycles. The van der Waals surface area contributed by atoms with Crippen molar-refractivity contribution in [3.63, 3.8) is 0 Å². The van der Waals surface area contributed by atoms with Crippen LogP contribution >= 0.6 is 27.5 Å². The zero-order valence-corrected chi connectivity index (χ0v) is 15.6. The molecule has 140 valence electrons. The summed E-state index contributed by atoms with van der Waals surface area (Å²) in [7, 11) is 0. The smallest absolute Gasteiger partial charge is 0.436 e. The zero-order chi connectivity index (χ0) is 19.1. The van der Waals surface area contributed by atoms with Gasteiger partial charge in [0.05, 0.1) is 22.4 Å². The molecule has 1 aromatic heterocycles. The van der Waals surface area contributed by atoms with Crippen molar-refractivity contribution in [1.82, 2.24) is 9.78 Å². The summed E-state index contributed by atoms with van der Waals surface area (Å²) < 4.78 is 40.4. The number of aryl methyl sites for hydroxylation is 1. The Hall–Kier alpha value is -1.74. The fourth-order valence-corrected chi connectivity index (χ4v) is 3.58. The topological polar surface area (TPSA) is 67.2 Å². The first kappa shape index (κ1) is 19.0. The number of alkyl halides is 3. The number of aromatic hydroxyl groups is 1. The van der Waals surface area contributed by atoms with Gasteiger partial charge in [0.15, 0.2) is 5.69 Å². The molecule has 2 aromatic rings. The summed E-state index contributed by atoms with van der Waals surface area (Å²) in [6, 6.07) is 4.19. The molecule has 26 heavy (non-hydrogen) atoms. The summed E-state index contributed by atoms with van der Waals surface area (Å²) in [5, 5.41) is 16.2. The quantitative estimate of drug-likeness (QED) is 0.632. The molecule has 0 aliphatic heterocycles. The molecule has 3 rings (SSSR count). The third-order valence-corrected chi connectivity index (χ3v) is 4.96. The van der Waals surface area contributed by atoms with Crippen molar-refractivity contribution in [2.75, 3.05) is 5.32 Å². The van der Waals surface area contributed by atoms with Crippen molar-refractivity contribution in [2.45, 2.75) is 37.9 Å². The number of benzene rings is 1. The molecule has 0 spiro atoms. The molecule has 1 saturated carbocycles. The van der Waals surface area contributed by atoms with Crippen LogP contribution in [0.3, 0.4) is 0 Å². The largest absolute Gasteiger partial charge is 0.506 e. The van der Waals surface area contributed by atoms with Crippen LogP contribution in [-0.4, -0.2) is 20.8 Å². The predicted molar refractivity (Wildman–Crippen MR) is 93.3 cm³/mol. The maximum Gasteiger partial charge on any atom is 0.436 e. The lowest BCUT2D eigenvalue weighted by molar-refractivity contribution is -0.142. The lowest BCUT2D eigenvalue weighted by atomic mass is 10.2. The molecule has 1 amide bonds. The van der Waals surface area contributed by atoms with Gasteiger partial charge >= 0.3 is 6.18 Å². The predicted octanol–water partition coefficient (Wildman–Crippen LogP) is 4.93. The van der Waals surface area contributed by atoms with Gasteiger partial charge in [-0.2, -0.15) is 18.3 Å². The first-order valence-electron chi connectivity index (χ1n) is 7.78. The first-order chi connectivity index (χ1) is 12.2. The highest BCUT2D eigenvalue weighted by atomic mass is 79.9. The average Bonchev–Trinajstić information content (AvgIpc) is 3.31. The highest BCUT2D eigenvalue weighted by molar-refractivity contribution is 9.10. The SMILES string of the molecule is O=C(CCn1nc(C(F)(F)F)c(Br)c1C1CC1)Nc1cc(Cl)ccc1O. The fraction of sp³-hybridized carbons (Fsp3) is 0.375. The maximum absolute atomic E-state index is 13.1. The number of anilines is 1. The highest BCUT2D eigenvalue weighted by Crippen LogP contribution is 2.47. The molecular weight excluding hydrogens is 439 g/mol. The van der Waals surface area contributed by atoms with E-state index in [0.29, 0.717) is 10.7 Å². The van der Waals surface area contributed by atoms with Crippen molar-refractivity contribution in [1.29, 1.82) is 0 Å². The summed E-state index contributed by atoms with van der Waals surface area (Å²) in [5.41, 5.74) is -0.370. The van der Waals surface area contributed by atoms with E-state index in [1.54, 1.807) is 0 Å². The second kappa shape index (κ2) is 7.11. The number of amides is 1. The minimum Gasteiger partial charge on any atom is -0.506 e. The van der Waals surface area contributed by atoms with Gasteiger partial charge in [-0.25, -0.2) is 0 Å². The van der Waals surface area contributed by atoms with Crippen LogP contribution in [0.4, 0.5) is 18.9 Å². The Morgan fingerprint density at radius 2 is 2.12 bits per heavy atom. The maximum atomic E-state index is 13.1.